The minimum atomic E-state index is 0.343. The molecule has 0 spiro atoms. The average Bonchev–Trinajstić information content (AvgIpc) is 3.00. The summed E-state index contributed by atoms with van der Waals surface area (Å²) in [4.78, 5) is 3.53. The van der Waals surface area contributed by atoms with Gasteiger partial charge in [0.25, 0.3) is 0 Å². The first-order valence-electron chi connectivity index (χ1n) is 6.36. The first-order valence-corrected chi connectivity index (χ1v) is 7.16. The second kappa shape index (κ2) is 4.10. The number of aromatic amines is 1. The summed E-state index contributed by atoms with van der Waals surface area (Å²) < 4.78 is 1.13. The lowest BCUT2D eigenvalue weighted by atomic mass is 9.98. The maximum absolute atomic E-state index is 3.53. The van der Waals surface area contributed by atoms with E-state index in [0.717, 1.165) is 4.47 Å². The molecule has 1 aliphatic rings. The van der Waals surface area contributed by atoms with E-state index in [1.807, 2.05) is 0 Å². The van der Waals surface area contributed by atoms with E-state index in [0.29, 0.717) is 5.92 Å². The number of halogens is 1. The third kappa shape index (κ3) is 1.75. The van der Waals surface area contributed by atoms with E-state index in [-0.39, 0.29) is 0 Å². The van der Waals surface area contributed by atoms with Gasteiger partial charge in [0.2, 0.25) is 0 Å². The van der Waals surface area contributed by atoms with Crippen LogP contribution in [0.2, 0.25) is 0 Å². The number of aromatic nitrogens is 1. The summed E-state index contributed by atoms with van der Waals surface area (Å²) >= 11 is 3.53. The molecular formula is C17H12BrN. The summed E-state index contributed by atoms with van der Waals surface area (Å²) in [5, 5.41) is 1.27. The molecule has 1 nitrogen and oxygen atoms in total. The Balaban J connectivity index is 1.85. The van der Waals surface area contributed by atoms with Crippen LogP contribution in [0.25, 0.3) is 17.0 Å². The highest BCUT2D eigenvalue weighted by atomic mass is 79.9. The van der Waals surface area contributed by atoms with Gasteiger partial charge in [0.15, 0.2) is 0 Å². The zero-order chi connectivity index (χ0) is 12.8. The number of para-hydroxylation sites is 1. The largest absolute Gasteiger partial charge is 0.358 e. The van der Waals surface area contributed by atoms with Crippen LogP contribution in [0, 0.1) is 0 Å². The van der Waals surface area contributed by atoms with Gasteiger partial charge in [-0.2, -0.15) is 0 Å². The molecule has 1 heterocycles. The fourth-order valence-electron chi connectivity index (χ4n) is 2.81. The Bertz CT molecular complexity index is 765. The summed E-state index contributed by atoms with van der Waals surface area (Å²) in [5.74, 6) is 0.343. The van der Waals surface area contributed by atoms with Gasteiger partial charge in [0, 0.05) is 21.6 Å². The lowest BCUT2D eigenvalue weighted by Crippen LogP contribution is -1.95. The van der Waals surface area contributed by atoms with Crippen LogP contribution in [0.5, 0.6) is 0 Å². The van der Waals surface area contributed by atoms with Gasteiger partial charge >= 0.3 is 0 Å². The van der Waals surface area contributed by atoms with E-state index < -0.39 is 0 Å². The number of nitrogens with one attached hydrogen (secondary N) is 1. The SMILES string of the molecule is Brc1ccc2c(c1)C=CC2c1cc2ccccc2[nH]1. The molecule has 19 heavy (non-hydrogen) atoms. The van der Waals surface area contributed by atoms with E-state index in [2.05, 4.69) is 81.6 Å². The summed E-state index contributed by atoms with van der Waals surface area (Å²) in [7, 11) is 0. The molecule has 0 fully saturated rings. The van der Waals surface area contributed by atoms with Crippen molar-refractivity contribution in [2.24, 2.45) is 0 Å². The van der Waals surface area contributed by atoms with Crippen LogP contribution in [0.3, 0.4) is 0 Å². The van der Waals surface area contributed by atoms with Gasteiger partial charge in [-0.1, -0.05) is 52.3 Å². The molecule has 3 aromatic rings. The van der Waals surface area contributed by atoms with E-state index in [9.17, 15) is 0 Å². The Kier molecular flexibility index (Phi) is 2.39. The van der Waals surface area contributed by atoms with Crippen LogP contribution in [-0.2, 0) is 0 Å². The molecule has 1 aromatic heterocycles. The monoisotopic (exact) mass is 309 g/mol. The second-order valence-corrected chi connectivity index (χ2v) is 5.84. The zero-order valence-electron chi connectivity index (χ0n) is 10.2. The highest BCUT2D eigenvalue weighted by Crippen LogP contribution is 2.37. The highest BCUT2D eigenvalue weighted by Gasteiger charge is 2.20. The first kappa shape index (κ1) is 11.1. The number of H-pyrrole nitrogens is 1. The number of fused-ring (bicyclic) bond motifs is 2. The molecule has 0 bridgehead atoms. The van der Waals surface area contributed by atoms with Gasteiger partial charge in [-0.25, -0.2) is 0 Å². The smallest absolute Gasteiger partial charge is 0.0456 e. The predicted octanol–water partition coefficient (Wildman–Crippen LogP) is 5.09. The number of rotatable bonds is 1. The number of benzene rings is 2. The minimum Gasteiger partial charge on any atom is -0.358 e. The maximum Gasteiger partial charge on any atom is 0.0456 e. The molecule has 0 radical (unpaired) electrons. The molecule has 2 heteroatoms. The van der Waals surface area contributed by atoms with Crippen molar-refractivity contribution in [1.82, 2.24) is 4.98 Å². The molecule has 0 saturated heterocycles. The first-order chi connectivity index (χ1) is 9.31. The van der Waals surface area contributed by atoms with Crippen LogP contribution in [-0.4, -0.2) is 4.98 Å². The molecule has 0 aliphatic heterocycles. The molecule has 4 rings (SSSR count). The van der Waals surface area contributed by atoms with Crippen molar-refractivity contribution in [2.75, 3.05) is 0 Å². The number of allylic oxidation sites excluding steroid dienone is 1. The summed E-state index contributed by atoms with van der Waals surface area (Å²) in [6.07, 6.45) is 4.47. The molecule has 2 aromatic carbocycles. The summed E-state index contributed by atoms with van der Waals surface area (Å²) in [6, 6.07) is 17.2. The van der Waals surface area contributed by atoms with E-state index in [1.165, 1.54) is 27.7 Å². The van der Waals surface area contributed by atoms with Gasteiger partial charge in [-0.05, 0) is 40.8 Å². The summed E-state index contributed by atoms with van der Waals surface area (Å²) in [6.45, 7) is 0. The van der Waals surface area contributed by atoms with Crippen LogP contribution < -0.4 is 0 Å². The zero-order valence-corrected chi connectivity index (χ0v) is 11.8. The molecular weight excluding hydrogens is 298 g/mol. The fraction of sp³-hybridized carbons (Fsp3) is 0.0588. The van der Waals surface area contributed by atoms with E-state index in [4.69, 9.17) is 0 Å². The van der Waals surface area contributed by atoms with E-state index >= 15 is 0 Å². The third-order valence-electron chi connectivity index (χ3n) is 3.74. The standard InChI is InChI=1S/C17H12BrN/c18-13-6-8-14-11(9-13)5-7-15(14)17-10-12-3-1-2-4-16(12)19-17/h1-10,15,19H. The average molecular weight is 310 g/mol. The Morgan fingerprint density at radius 1 is 1.00 bits per heavy atom. The van der Waals surface area contributed by atoms with Crippen LogP contribution in [0.1, 0.15) is 22.7 Å². The fourth-order valence-corrected chi connectivity index (χ4v) is 3.19. The molecule has 0 amide bonds. The topological polar surface area (TPSA) is 15.8 Å². The highest BCUT2D eigenvalue weighted by molar-refractivity contribution is 9.10. The van der Waals surface area contributed by atoms with Crippen LogP contribution >= 0.6 is 15.9 Å². The van der Waals surface area contributed by atoms with Crippen molar-refractivity contribution in [2.45, 2.75) is 5.92 Å². The lowest BCUT2D eigenvalue weighted by molar-refractivity contribution is 0.999. The van der Waals surface area contributed by atoms with Gasteiger partial charge < -0.3 is 4.98 Å². The lowest BCUT2D eigenvalue weighted by Gasteiger charge is -2.09. The molecule has 0 saturated carbocycles. The number of hydrogen-bond donors (Lipinski definition) is 1. The van der Waals surface area contributed by atoms with Crippen LogP contribution in [0.15, 0.2) is 59.1 Å². The molecule has 1 atom stereocenters. The predicted molar refractivity (Wildman–Crippen MR) is 83.3 cm³/mol. The van der Waals surface area contributed by atoms with Gasteiger partial charge in [0.1, 0.15) is 0 Å². The normalized spacial score (nSPS) is 17.0. The minimum absolute atomic E-state index is 0.343. The summed E-state index contributed by atoms with van der Waals surface area (Å²) in [5.41, 5.74) is 5.14. The Labute approximate surface area is 120 Å². The molecule has 92 valence electrons. The second-order valence-electron chi connectivity index (χ2n) is 4.92. The molecule has 1 N–H and O–H groups in total. The quantitative estimate of drug-likeness (QED) is 0.644. The Morgan fingerprint density at radius 2 is 1.89 bits per heavy atom. The van der Waals surface area contributed by atoms with Crippen molar-refractivity contribution in [3.05, 3.63) is 75.9 Å². The maximum atomic E-state index is 3.53. The van der Waals surface area contributed by atoms with Crippen molar-refractivity contribution < 1.29 is 0 Å². The van der Waals surface area contributed by atoms with Gasteiger partial charge in [-0.3, -0.25) is 0 Å². The van der Waals surface area contributed by atoms with Crippen molar-refractivity contribution >= 4 is 32.9 Å². The molecule has 1 aliphatic carbocycles. The van der Waals surface area contributed by atoms with E-state index in [1.54, 1.807) is 0 Å². The Morgan fingerprint density at radius 3 is 2.79 bits per heavy atom. The van der Waals surface area contributed by atoms with Gasteiger partial charge in [-0.15, -0.1) is 0 Å². The van der Waals surface area contributed by atoms with Crippen molar-refractivity contribution in [3.8, 4) is 0 Å². The van der Waals surface area contributed by atoms with Gasteiger partial charge in [0.05, 0.1) is 0 Å². The number of hydrogen-bond acceptors (Lipinski definition) is 0. The van der Waals surface area contributed by atoms with Crippen molar-refractivity contribution in [1.29, 1.82) is 0 Å². The van der Waals surface area contributed by atoms with Crippen LogP contribution in [0.4, 0.5) is 0 Å². The third-order valence-corrected chi connectivity index (χ3v) is 4.23. The molecule has 1 unspecified atom stereocenters. The van der Waals surface area contributed by atoms with Crippen molar-refractivity contribution in [3.63, 3.8) is 0 Å². The Hall–Kier alpha value is -1.80.